The van der Waals surface area contributed by atoms with E-state index in [4.69, 9.17) is 4.74 Å². The van der Waals surface area contributed by atoms with E-state index in [2.05, 4.69) is 36.7 Å². The van der Waals surface area contributed by atoms with Crippen LogP contribution in [0.1, 0.15) is 72.1 Å². The molecule has 0 aliphatic heterocycles. The lowest BCUT2D eigenvalue weighted by Gasteiger charge is -2.48. The second-order valence-corrected chi connectivity index (χ2v) is 7.78. The van der Waals surface area contributed by atoms with E-state index < -0.39 is 0 Å². The van der Waals surface area contributed by atoms with Gasteiger partial charge in [-0.15, -0.1) is 0 Å². The number of rotatable bonds is 8. The fourth-order valence-corrected chi connectivity index (χ4v) is 5.86. The summed E-state index contributed by atoms with van der Waals surface area (Å²) < 4.78 is 6.52. The minimum absolute atomic E-state index is 0.112. The van der Waals surface area contributed by atoms with Gasteiger partial charge in [0.25, 0.3) is 0 Å². The van der Waals surface area contributed by atoms with Gasteiger partial charge in [-0.2, -0.15) is 0 Å². The molecular formula is C17H31BrO. The zero-order chi connectivity index (χ0) is 13.9. The lowest BCUT2D eigenvalue weighted by molar-refractivity contribution is -0.137. The first-order valence-electron chi connectivity index (χ1n) is 8.28. The first-order chi connectivity index (χ1) is 9.08. The molecule has 0 aromatic carbocycles. The molecule has 2 saturated carbocycles. The molecule has 0 radical (unpaired) electrons. The summed E-state index contributed by atoms with van der Waals surface area (Å²) in [7, 11) is 0. The van der Waals surface area contributed by atoms with Crippen LogP contribution in [0.25, 0.3) is 0 Å². The maximum absolute atomic E-state index is 6.52. The molecule has 112 valence electrons. The van der Waals surface area contributed by atoms with Crippen LogP contribution in [0.4, 0.5) is 0 Å². The third kappa shape index (κ3) is 2.77. The molecule has 2 bridgehead atoms. The summed E-state index contributed by atoms with van der Waals surface area (Å²) in [5.41, 5.74) is 0.462. The smallest absolute Gasteiger partial charge is 0.0860 e. The van der Waals surface area contributed by atoms with Gasteiger partial charge >= 0.3 is 0 Å². The molecule has 0 saturated heterocycles. The van der Waals surface area contributed by atoms with Crippen molar-refractivity contribution in [1.82, 2.24) is 0 Å². The van der Waals surface area contributed by atoms with Crippen LogP contribution in [0.2, 0.25) is 0 Å². The summed E-state index contributed by atoms with van der Waals surface area (Å²) >= 11 is 3.78. The second-order valence-electron chi connectivity index (χ2n) is 7.21. The van der Waals surface area contributed by atoms with Crippen LogP contribution in [0.5, 0.6) is 0 Å². The summed E-state index contributed by atoms with van der Waals surface area (Å²) in [6, 6.07) is 0. The van der Waals surface area contributed by atoms with E-state index in [1.54, 1.807) is 0 Å². The lowest BCUT2D eigenvalue weighted by Crippen LogP contribution is -2.53. The van der Waals surface area contributed by atoms with Gasteiger partial charge in [0.05, 0.1) is 5.60 Å². The zero-order valence-corrected chi connectivity index (χ0v) is 14.6. The first-order valence-corrected chi connectivity index (χ1v) is 9.40. The minimum Gasteiger partial charge on any atom is -0.373 e. The molecule has 0 aromatic heterocycles. The highest BCUT2D eigenvalue weighted by Crippen LogP contribution is 2.63. The van der Waals surface area contributed by atoms with E-state index >= 15 is 0 Å². The van der Waals surface area contributed by atoms with Crippen molar-refractivity contribution in [2.45, 2.75) is 77.7 Å². The molecule has 2 heteroatoms. The van der Waals surface area contributed by atoms with Crippen molar-refractivity contribution in [3.05, 3.63) is 0 Å². The van der Waals surface area contributed by atoms with E-state index in [1.807, 2.05) is 0 Å². The summed E-state index contributed by atoms with van der Waals surface area (Å²) in [6.07, 6.45) is 10.8. The van der Waals surface area contributed by atoms with Crippen LogP contribution in [-0.2, 0) is 4.74 Å². The average molecular weight is 331 g/mol. The Hall–Kier alpha value is 0.440. The predicted octanol–water partition coefficient (Wildman–Crippen LogP) is 5.56. The largest absolute Gasteiger partial charge is 0.373 e. The summed E-state index contributed by atoms with van der Waals surface area (Å²) in [6.45, 7) is 8.11. The topological polar surface area (TPSA) is 9.23 Å². The van der Waals surface area contributed by atoms with Gasteiger partial charge in [-0.1, -0.05) is 62.4 Å². The van der Waals surface area contributed by atoms with Crippen LogP contribution in [0.15, 0.2) is 0 Å². The van der Waals surface area contributed by atoms with Crippen molar-refractivity contribution in [3.63, 3.8) is 0 Å². The zero-order valence-electron chi connectivity index (χ0n) is 13.0. The summed E-state index contributed by atoms with van der Waals surface area (Å²) in [5, 5.41) is 1.02. The Kier molecular flexibility index (Phi) is 5.39. The van der Waals surface area contributed by atoms with Gasteiger partial charge in [0, 0.05) is 11.9 Å². The fourth-order valence-electron chi connectivity index (χ4n) is 4.52. The van der Waals surface area contributed by atoms with Gasteiger partial charge in [-0.05, 0) is 42.9 Å². The standard InChI is InChI=1S/C17H31BrO/c1-4-5-6-7-8-11-19-17(13-18)15-10-9-14(12-15)16(17,2)3/h14-15H,4-13H2,1-3H3. The molecule has 0 aromatic rings. The van der Waals surface area contributed by atoms with Gasteiger partial charge in [-0.3, -0.25) is 0 Å². The number of hydrogen-bond acceptors (Lipinski definition) is 1. The first kappa shape index (κ1) is 15.8. The number of halogens is 1. The predicted molar refractivity (Wildman–Crippen MR) is 85.8 cm³/mol. The van der Waals surface area contributed by atoms with Gasteiger partial charge in [0.15, 0.2) is 0 Å². The van der Waals surface area contributed by atoms with Crippen molar-refractivity contribution in [2.75, 3.05) is 11.9 Å². The monoisotopic (exact) mass is 330 g/mol. The number of fused-ring (bicyclic) bond motifs is 2. The van der Waals surface area contributed by atoms with Crippen LogP contribution in [-0.4, -0.2) is 17.5 Å². The molecule has 0 spiro atoms. The van der Waals surface area contributed by atoms with Crippen molar-refractivity contribution in [1.29, 1.82) is 0 Å². The minimum atomic E-state index is 0.112. The molecule has 2 fully saturated rings. The normalized spacial score (nSPS) is 36.0. The molecule has 0 heterocycles. The Morgan fingerprint density at radius 1 is 1.05 bits per heavy atom. The van der Waals surface area contributed by atoms with Gasteiger partial charge in [0.1, 0.15) is 0 Å². The van der Waals surface area contributed by atoms with Gasteiger partial charge < -0.3 is 4.74 Å². The highest BCUT2D eigenvalue weighted by atomic mass is 79.9. The molecule has 2 rings (SSSR count). The van der Waals surface area contributed by atoms with Gasteiger partial charge in [0.2, 0.25) is 0 Å². The quantitative estimate of drug-likeness (QED) is 0.418. The van der Waals surface area contributed by atoms with Crippen LogP contribution >= 0.6 is 15.9 Å². The fraction of sp³-hybridized carbons (Fsp3) is 1.00. The Labute approximate surface area is 128 Å². The van der Waals surface area contributed by atoms with Crippen LogP contribution < -0.4 is 0 Å². The van der Waals surface area contributed by atoms with E-state index in [0.717, 1.165) is 23.8 Å². The summed E-state index contributed by atoms with van der Waals surface area (Å²) in [4.78, 5) is 0. The Bertz CT molecular complexity index is 289. The molecule has 3 atom stereocenters. The summed E-state index contributed by atoms with van der Waals surface area (Å²) in [5.74, 6) is 1.68. The maximum atomic E-state index is 6.52. The highest BCUT2D eigenvalue weighted by molar-refractivity contribution is 9.09. The molecule has 2 aliphatic carbocycles. The lowest BCUT2D eigenvalue weighted by atomic mass is 9.66. The second kappa shape index (κ2) is 6.47. The Morgan fingerprint density at radius 3 is 2.32 bits per heavy atom. The molecule has 3 unspecified atom stereocenters. The molecule has 1 nitrogen and oxygen atoms in total. The van der Waals surface area contributed by atoms with E-state index in [1.165, 1.54) is 51.4 Å². The van der Waals surface area contributed by atoms with Crippen molar-refractivity contribution < 1.29 is 4.74 Å². The highest BCUT2D eigenvalue weighted by Gasteiger charge is 2.63. The molecular weight excluding hydrogens is 300 g/mol. The van der Waals surface area contributed by atoms with Crippen molar-refractivity contribution in [2.24, 2.45) is 17.3 Å². The third-order valence-corrected chi connectivity index (χ3v) is 6.84. The Morgan fingerprint density at radius 2 is 1.74 bits per heavy atom. The molecule has 0 N–H and O–H groups in total. The van der Waals surface area contributed by atoms with Crippen LogP contribution in [0.3, 0.4) is 0 Å². The third-order valence-electron chi connectivity index (χ3n) is 6.01. The molecule has 0 amide bonds. The van der Waals surface area contributed by atoms with Crippen molar-refractivity contribution in [3.8, 4) is 0 Å². The van der Waals surface area contributed by atoms with Crippen molar-refractivity contribution >= 4 is 15.9 Å². The Balaban J connectivity index is 1.85. The number of alkyl halides is 1. The number of ether oxygens (including phenoxy) is 1. The average Bonchev–Trinajstić information content (AvgIpc) is 2.94. The van der Waals surface area contributed by atoms with E-state index in [-0.39, 0.29) is 5.60 Å². The maximum Gasteiger partial charge on any atom is 0.0860 e. The van der Waals surface area contributed by atoms with Gasteiger partial charge in [-0.25, -0.2) is 0 Å². The molecule has 19 heavy (non-hydrogen) atoms. The SMILES string of the molecule is CCCCCCCOC1(CBr)C2CCC(C2)C1(C)C. The van der Waals surface area contributed by atoms with E-state index in [9.17, 15) is 0 Å². The number of hydrogen-bond donors (Lipinski definition) is 0. The molecule has 2 aliphatic rings. The van der Waals surface area contributed by atoms with E-state index in [0.29, 0.717) is 5.41 Å². The number of unbranched alkanes of at least 4 members (excludes halogenated alkanes) is 4. The van der Waals surface area contributed by atoms with Crippen LogP contribution in [0, 0.1) is 17.3 Å².